The summed E-state index contributed by atoms with van der Waals surface area (Å²) >= 11 is 0. The van der Waals surface area contributed by atoms with E-state index in [2.05, 4.69) is 5.32 Å². The first-order chi connectivity index (χ1) is 10.9. The van der Waals surface area contributed by atoms with Gasteiger partial charge in [0.05, 0.1) is 0 Å². The third-order valence-electron chi connectivity index (χ3n) is 3.48. The number of carbonyl (C=O) groups excluding carboxylic acids is 3. The van der Waals surface area contributed by atoms with Crippen molar-refractivity contribution >= 4 is 17.8 Å². The van der Waals surface area contributed by atoms with E-state index in [0.29, 0.717) is 6.54 Å². The molecule has 1 saturated heterocycles. The van der Waals surface area contributed by atoms with Crippen molar-refractivity contribution in [2.24, 2.45) is 5.41 Å². The summed E-state index contributed by atoms with van der Waals surface area (Å²) in [6.45, 7) is 4.20. The third kappa shape index (κ3) is 4.67. The maximum atomic E-state index is 11.7. The van der Waals surface area contributed by atoms with Gasteiger partial charge in [-0.25, -0.2) is 9.59 Å². The molecule has 6 nitrogen and oxygen atoms in total. The Kier molecular flexibility index (Phi) is 5.16. The Labute approximate surface area is 134 Å². The van der Waals surface area contributed by atoms with E-state index >= 15 is 0 Å². The highest BCUT2D eigenvalue weighted by Gasteiger charge is 2.43. The summed E-state index contributed by atoms with van der Waals surface area (Å²) in [5.74, 6) is -1.74. The summed E-state index contributed by atoms with van der Waals surface area (Å²) in [5.41, 5.74) is 0.371. The van der Waals surface area contributed by atoms with E-state index in [4.69, 9.17) is 9.47 Å². The highest BCUT2D eigenvalue weighted by Crippen LogP contribution is 2.27. The number of hydrogen-bond donors (Lipinski definition) is 1. The standard InChI is InChI=1S/C17H19NO5/c1-17(2)11-18-16(21)15(17)23-14(20)9-8-13(19)22-10-12-6-4-3-5-7-12/h3-9,15H,10-11H2,1-2H3,(H,18,21)/b9-8+. The van der Waals surface area contributed by atoms with Gasteiger partial charge in [-0.05, 0) is 5.56 Å². The monoisotopic (exact) mass is 317 g/mol. The van der Waals surface area contributed by atoms with E-state index in [9.17, 15) is 14.4 Å². The first-order valence-corrected chi connectivity index (χ1v) is 7.25. The molecule has 0 spiro atoms. The number of nitrogens with one attached hydrogen (secondary N) is 1. The third-order valence-corrected chi connectivity index (χ3v) is 3.48. The van der Waals surface area contributed by atoms with Crippen molar-refractivity contribution in [3.05, 3.63) is 48.0 Å². The zero-order valence-corrected chi connectivity index (χ0v) is 13.1. The maximum Gasteiger partial charge on any atom is 0.331 e. The molecule has 0 bridgehead atoms. The number of benzene rings is 1. The second-order valence-corrected chi connectivity index (χ2v) is 5.95. The predicted molar refractivity (Wildman–Crippen MR) is 82.0 cm³/mol. The van der Waals surface area contributed by atoms with Crippen LogP contribution in [0.2, 0.25) is 0 Å². The Morgan fingerprint density at radius 1 is 1.22 bits per heavy atom. The Balaban J connectivity index is 1.81. The normalized spacial score (nSPS) is 19.4. The van der Waals surface area contributed by atoms with E-state index in [-0.39, 0.29) is 12.5 Å². The molecule has 0 radical (unpaired) electrons. The molecule has 1 aliphatic rings. The average molecular weight is 317 g/mol. The maximum absolute atomic E-state index is 11.7. The number of esters is 2. The van der Waals surface area contributed by atoms with Crippen LogP contribution in [0.3, 0.4) is 0 Å². The van der Waals surface area contributed by atoms with Gasteiger partial charge in [0.2, 0.25) is 0 Å². The Bertz CT molecular complexity index is 621. The first-order valence-electron chi connectivity index (χ1n) is 7.25. The van der Waals surface area contributed by atoms with Crippen LogP contribution in [0, 0.1) is 5.41 Å². The van der Waals surface area contributed by atoms with Crippen LogP contribution in [-0.4, -0.2) is 30.5 Å². The molecule has 1 heterocycles. The number of ether oxygens (including phenoxy) is 2. The van der Waals surface area contributed by atoms with Gasteiger partial charge in [0, 0.05) is 24.1 Å². The van der Waals surface area contributed by atoms with Gasteiger partial charge in [-0.3, -0.25) is 4.79 Å². The second kappa shape index (κ2) is 7.09. The minimum absolute atomic E-state index is 0.122. The summed E-state index contributed by atoms with van der Waals surface area (Å²) < 4.78 is 10.1. The Morgan fingerprint density at radius 3 is 2.48 bits per heavy atom. The minimum Gasteiger partial charge on any atom is -0.458 e. The average Bonchev–Trinajstić information content (AvgIpc) is 2.79. The molecule has 1 fully saturated rings. The molecule has 1 unspecified atom stereocenters. The van der Waals surface area contributed by atoms with Gasteiger partial charge in [-0.1, -0.05) is 44.2 Å². The van der Waals surface area contributed by atoms with Gasteiger partial charge in [-0.2, -0.15) is 0 Å². The molecule has 0 aliphatic carbocycles. The lowest BCUT2D eigenvalue weighted by Gasteiger charge is -2.22. The van der Waals surface area contributed by atoms with Crippen molar-refractivity contribution in [3.8, 4) is 0 Å². The van der Waals surface area contributed by atoms with Crippen LogP contribution in [-0.2, 0) is 30.5 Å². The molecule has 6 heteroatoms. The molecule has 122 valence electrons. The quantitative estimate of drug-likeness (QED) is 0.655. The zero-order valence-electron chi connectivity index (χ0n) is 13.1. The highest BCUT2D eigenvalue weighted by atomic mass is 16.6. The van der Waals surface area contributed by atoms with Crippen molar-refractivity contribution in [2.45, 2.75) is 26.6 Å². The van der Waals surface area contributed by atoms with Crippen LogP contribution in [0.25, 0.3) is 0 Å². The predicted octanol–water partition coefficient (Wildman–Crippen LogP) is 1.35. The van der Waals surface area contributed by atoms with Crippen LogP contribution >= 0.6 is 0 Å². The lowest BCUT2D eigenvalue weighted by atomic mass is 9.90. The number of rotatable bonds is 5. The molecule has 0 saturated carbocycles. The van der Waals surface area contributed by atoms with Gasteiger partial charge in [0.25, 0.3) is 5.91 Å². The van der Waals surface area contributed by atoms with E-state index in [0.717, 1.165) is 17.7 Å². The van der Waals surface area contributed by atoms with Gasteiger partial charge >= 0.3 is 11.9 Å². The zero-order chi connectivity index (χ0) is 16.9. The highest BCUT2D eigenvalue weighted by molar-refractivity contribution is 5.93. The second-order valence-electron chi connectivity index (χ2n) is 5.95. The summed E-state index contributed by atoms with van der Waals surface area (Å²) in [4.78, 5) is 34.9. The van der Waals surface area contributed by atoms with E-state index in [1.54, 1.807) is 0 Å². The van der Waals surface area contributed by atoms with Gasteiger partial charge < -0.3 is 14.8 Å². The van der Waals surface area contributed by atoms with Crippen molar-refractivity contribution in [2.75, 3.05) is 6.54 Å². The van der Waals surface area contributed by atoms with Crippen molar-refractivity contribution < 1.29 is 23.9 Å². The topological polar surface area (TPSA) is 81.7 Å². The summed E-state index contributed by atoms with van der Waals surface area (Å²) in [5, 5.41) is 2.64. The molecule has 1 N–H and O–H groups in total. The van der Waals surface area contributed by atoms with E-state index in [1.165, 1.54) is 0 Å². The van der Waals surface area contributed by atoms with Crippen LogP contribution in [0.4, 0.5) is 0 Å². The van der Waals surface area contributed by atoms with Crippen LogP contribution in [0.15, 0.2) is 42.5 Å². The van der Waals surface area contributed by atoms with Gasteiger partial charge in [-0.15, -0.1) is 0 Å². The van der Waals surface area contributed by atoms with Crippen molar-refractivity contribution in [3.63, 3.8) is 0 Å². The molecule has 23 heavy (non-hydrogen) atoms. The first kappa shape index (κ1) is 16.7. The van der Waals surface area contributed by atoms with Crippen molar-refractivity contribution in [1.82, 2.24) is 5.32 Å². The largest absolute Gasteiger partial charge is 0.458 e. The summed E-state index contributed by atoms with van der Waals surface area (Å²) in [6.07, 6.45) is 1.10. The molecular formula is C17H19NO5. The van der Waals surface area contributed by atoms with Crippen LogP contribution < -0.4 is 5.32 Å². The molecule has 1 atom stereocenters. The fraction of sp³-hybridized carbons (Fsp3) is 0.353. The Hall–Kier alpha value is -2.63. The number of hydrogen-bond acceptors (Lipinski definition) is 5. The van der Waals surface area contributed by atoms with E-state index < -0.39 is 23.5 Å². The lowest BCUT2D eigenvalue weighted by molar-refractivity contribution is -0.154. The van der Waals surface area contributed by atoms with Crippen LogP contribution in [0.1, 0.15) is 19.4 Å². The molecule has 2 rings (SSSR count). The lowest BCUT2D eigenvalue weighted by Crippen LogP contribution is -2.35. The number of amides is 1. The Morgan fingerprint density at radius 2 is 1.87 bits per heavy atom. The van der Waals surface area contributed by atoms with Crippen LogP contribution in [0.5, 0.6) is 0 Å². The SMILES string of the molecule is CC1(C)CNC(=O)C1OC(=O)/C=C/C(=O)OCc1ccccc1. The molecule has 1 amide bonds. The fourth-order valence-corrected chi connectivity index (χ4v) is 2.14. The number of carbonyl (C=O) groups is 3. The molecular weight excluding hydrogens is 298 g/mol. The summed E-state index contributed by atoms with van der Waals surface area (Å²) in [6, 6.07) is 9.19. The molecule has 1 aromatic rings. The minimum atomic E-state index is -0.861. The van der Waals surface area contributed by atoms with E-state index in [1.807, 2.05) is 44.2 Å². The molecule has 1 aromatic carbocycles. The smallest absolute Gasteiger partial charge is 0.331 e. The van der Waals surface area contributed by atoms with Crippen molar-refractivity contribution in [1.29, 1.82) is 0 Å². The molecule has 1 aliphatic heterocycles. The summed E-state index contributed by atoms with van der Waals surface area (Å²) in [7, 11) is 0. The van der Waals surface area contributed by atoms with Gasteiger partial charge in [0.1, 0.15) is 6.61 Å². The van der Waals surface area contributed by atoms with Gasteiger partial charge in [0.15, 0.2) is 6.10 Å². The molecule has 0 aromatic heterocycles. The fourth-order valence-electron chi connectivity index (χ4n) is 2.14.